The highest BCUT2D eigenvalue weighted by molar-refractivity contribution is 5.50. The van der Waals surface area contributed by atoms with Crippen molar-refractivity contribution in [1.29, 1.82) is 0 Å². The van der Waals surface area contributed by atoms with Gasteiger partial charge in [-0.2, -0.15) is 0 Å². The second-order valence-corrected chi connectivity index (χ2v) is 5.75. The van der Waals surface area contributed by atoms with Crippen LogP contribution < -0.4 is 4.74 Å². The molecule has 2 rings (SSSR count). The maximum absolute atomic E-state index is 9.85. The Labute approximate surface area is 97.3 Å². The minimum absolute atomic E-state index is 0.0355. The molecule has 0 saturated heterocycles. The van der Waals surface area contributed by atoms with Gasteiger partial charge in [0.25, 0.3) is 0 Å². The molecule has 0 amide bonds. The average molecular weight is 220 g/mol. The Morgan fingerprint density at radius 1 is 1.19 bits per heavy atom. The lowest BCUT2D eigenvalue weighted by Crippen LogP contribution is -2.50. The molecule has 2 nitrogen and oxygen atoms in total. The van der Waals surface area contributed by atoms with Crippen molar-refractivity contribution >= 4 is 0 Å². The van der Waals surface area contributed by atoms with E-state index in [0.29, 0.717) is 11.7 Å². The minimum atomic E-state index is -0.280. The van der Waals surface area contributed by atoms with Gasteiger partial charge in [-0.05, 0) is 25.8 Å². The topological polar surface area (TPSA) is 29.5 Å². The summed E-state index contributed by atoms with van der Waals surface area (Å²) in [6, 6.07) is 5.60. The van der Waals surface area contributed by atoms with Crippen LogP contribution >= 0.6 is 0 Å². The van der Waals surface area contributed by atoms with Gasteiger partial charge in [-0.3, -0.25) is 0 Å². The smallest absolute Gasteiger partial charge is 0.165 e. The van der Waals surface area contributed by atoms with Crippen LogP contribution in [-0.2, 0) is 0 Å². The first-order valence-corrected chi connectivity index (χ1v) is 5.78. The van der Waals surface area contributed by atoms with Gasteiger partial charge >= 0.3 is 0 Å². The summed E-state index contributed by atoms with van der Waals surface area (Å²) in [6.07, 6.45) is 0. The van der Waals surface area contributed by atoms with E-state index in [1.54, 1.807) is 6.07 Å². The molecule has 2 heteroatoms. The highest BCUT2D eigenvalue weighted by Crippen LogP contribution is 2.54. The molecule has 1 aromatic carbocycles. The molecule has 1 atom stereocenters. The standard InChI is InChI=1S/C14H20O2/c1-9-10-7-6-8-11(15)12(10)16-14(4,5)13(9,2)3/h6-9,15H,1-5H3. The summed E-state index contributed by atoms with van der Waals surface area (Å²) in [4.78, 5) is 0. The molecular weight excluding hydrogens is 200 g/mol. The van der Waals surface area contributed by atoms with Gasteiger partial charge in [-0.25, -0.2) is 0 Å². The summed E-state index contributed by atoms with van der Waals surface area (Å²) in [6.45, 7) is 10.8. The van der Waals surface area contributed by atoms with E-state index in [4.69, 9.17) is 4.74 Å². The summed E-state index contributed by atoms with van der Waals surface area (Å²) in [5.41, 5.74) is 0.857. The van der Waals surface area contributed by atoms with Gasteiger partial charge < -0.3 is 9.84 Å². The highest BCUT2D eigenvalue weighted by atomic mass is 16.5. The lowest BCUT2D eigenvalue weighted by molar-refractivity contribution is -0.0448. The van der Waals surface area contributed by atoms with Crippen LogP contribution in [0, 0.1) is 5.41 Å². The van der Waals surface area contributed by atoms with Crippen molar-refractivity contribution in [3.8, 4) is 11.5 Å². The van der Waals surface area contributed by atoms with Gasteiger partial charge in [-0.15, -0.1) is 0 Å². The van der Waals surface area contributed by atoms with E-state index in [0.717, 1.165) is 5.56 Å². The third-order valence-corrected chi connectivity index (χ3v) is 4.48. The van der Waals surface area contributed by atoms with Crippen LogP contribution in [0.2, 0.25) is 0 Å². The first-order chi connectivity index (χ1) is 7.27. The van der Waals surface area contributed by atoms with Crippen molar-refractivity contribution in [3.63, 3.8) is 0 Å². The van der Waals surface area contributed by atoms with Gasteiger partial charge in [0.1, 0.15) is 5.60 Å². The Balaban J connectivity index is 2.62. The van der Waals surface area contributed by atoms with E-state index in [-0.39, 0.29) is 16.8 Å². The molecule has 88 valence electrons. The van der Waals surface area contributed by atoms with E-state index < -0.39 is 0 Å². The minimum Gasteiger partial charge on any atom is -0.504 e. The van der Waals surface area contributed by atoms with Gasteiger partial charge in [0.05, 0.1) is 0 Å². The van der Waals surface area contributed by atoms with Gasteiger partial charge in [0.2, 0.25) is 0 Å². The number of phenolic OH excluding ortho intramolecular Hbond substituents is 1. The van der Waals surface area contributed by atoms with Gasteiger partial charge in [0.15, 0.2) is 11.5 Å². The fraction of sp³-hybridized carbons (Fsp3) is 0.571. The number of benzene rings is 1. The Hall–Kier alpha value is -1.18. The molecule has 0 fully saturated rings. The molecule has 0 saturated carbocycles. The summed E-state index contributed by atoms with van der Waals surface area (Å²) in [5.74, 6) is 1.26. The van der Waals surface area contributed by atoms with E-state index >= 15 is 0 Å². The summed E-state index contributed by atoms with van der Waals surface area (Å²) >= 11 is 0. The van der Waals surface area contributed by atoms with Crippen molar-refractivity contribution in [3.05, 3.63) is 23.8 Å². The lowest BCUT2D eigenvalue weighted by atomic mass is 9.64. The van der Waals surface area contributed by atoms with Crippen molar-refractivity contribution in [2.75, 3.05) is 0 Å². The zero-order valence-electron chi connectivity index (χ0n) is 10.7. The second kappa shape index (κ2) is 3.16. The van der Waals surface area contributed by atoms with Crippen molar-refractivity contribution in [1.82, 2.24) is 0 Å². The largest absolute Gasteiger partial charge is 0.504 e. The molecule has 1 aromatic rings. The quantitative estimate of drug-likeness (QED) is 0.722. The third-order valence-electron chi connectivity index (χ3n) is 4.48. The van der Waals surface area contributed by atoms with Crippen LogP contribution in [0.3, 0.4) is 0 Å². The van der Waals surface area contributed by atoms with Crippen LogP contribution in [0.4, 0.5) is 0 Å². The van der Waals surface area contributed by atoms with Crippen LogP contribution in [0.25, 0.3) is 0 Å². The van der Waals surface area contributed by atoms with Crippen molar-refractivity contribution in [2.45, 2.75) is 46.1 Å². The maximum Gasteiger partial charge on any atom is 0.165 e. The van der Waals surface area contributed by atoms with E-state index in [2.05, 4.69) is 34.6 Å². The molecule has 1 N–H and O–H groups in total. The normalized spacial score (nSPS) is 25.7. The second-order valence-electron chi connectivity index (χ2n) is 5.75. The van der Waals surface area contributed by atoms with E-state index in [9.17, 15) is 5.11 Å². The first-order valence-electron chi connectivity index (χ1n) is 5.78. The Morgan fingerprint density at radius 3 is 2.44 bits per heavy atom. The van der Waals surface area contributed by atoms with Crippen molar-refractivity contribution in [2.24, 2.45) is 5.41 Å². The fourth-order valence-corrected chi connectivity index (χ4v) is 2.29. The number of fused-ring (bicyclic) bond motifs is 1. The third kappa shape index (κ3) is 1.32. The zero-order chi connectivity index (χ0) is 12.1. The molecule has 1 aliphatic heterocycles. The molecular formula is C14H20O2. The molecule has 16 heavy (non-hydrogen) atoms. The number of rotatable bonds is 0. The SMILES string of the molecule is CC1c2cccc(O)c2OC(C)(C)C1(C)C. The first kappa shape index (κ1) is 11.3. The molecule has 0 bridgehead atoms. The van der Waals surface area contributed by atoms with Gasteiger partial charge in [-0.1, -0.05) is 32.9 Å². The predicted molar refractivity (Wildman–Crippen MR) is 65.0 cm³/mol. The summed E-state index contributed by atoms with van der Waals surface area (Å²) < 4.78 is 5.99. The van der Waals surface area contributed by atoms with Crippen LogP contribution in [-0.4, -0.2) is 10.7 Å². The summed E-state index contributed by atoms with van der Waals surface area (Å²) in [7, 11) is 0. The van der Waals surface area contributed by atoms with Crippen molar-refractivity contribution < 1.29 is 9.84 Å². The van der Waals surface area contributed by atoms with E-state index in [1.165, 1.54) is 0 Å². The predicted octanol–water partition coefficient (Wildman–Crippen LogP) is 3.69. The Morgan fingerprint density at radius 2 is 1.81 bits per heavy atom. The maximum atomic E-state index is 9.85. The molecule has 0 spiro atoms. The fourth-order valence-electron chi connectivity index (χ4n) is 2.29. The number of phenols is 1. The van der Waals surface area contributed by atoms with Crippen LogP contribution in [0.5, 0.6) is 11.5 Å². The number of hydrogen-bond acceptors (Lipinski definition) is 2. The summed E-state index contributed by atoms with van der Waals surface area (Å²) in [5, 5.41) is 9.85. The Bertz CT molecular complexity index is 419. The van der Waals surface area contributed by atoms with E-state index in [1.807, 2.05) is 12.1 Å². The van der Waals surface area contributed by atoms with Crippen LogP contribution in [0.1, 0.15) is 46.1 Å². The molecule has 0 radical (unpaired) electrons. The zero-order valence-corrected chi connectivity index (χ0v) is 10.7. The number of aromatic hydroxyl groups is 1. The molecule has 1 heterocycles. The molecule has 1 aliphatic rings. The lowest BCUT2D eigenvalue weighted by Gasteiger charge is -2.50. The number of ether oxygens (including phenoxy) is 1. The molecule has 0 aliphatic carbocycles. The molecule has 1 unspecified atom stereocenters. The average Bonchev–Trinajstić information content (AvgIpc) is 2.18. The number of hydrogen-bond donors (Lipinski definition) is 1. The van der Waals surface area contributed by atoms with Crippen LogP contribution in [0.15, 0.2) is 18.2 Å². The number of para-hydroxylation sites is 1. The molecule has 0 aromatic heterocycles. The highest BCUT2D eigenvalue weighted by Gasteiger charge is 2.48. The Kier molecular flexibility index (Phi) is 2.23. The monoisotopic (exact) mass is 220 g/mol. The van der Waals surface area contributed by atoms with Gasteiger partial charge in [0, 0.05) is 11.0 Å².